The fourth-order valence-electron chi connectivity index (χ4n) is 6.00. The van der Waals surface area contributed by atoms with E-state index in [0.29, 0.717) is 0 Å². The van der Waals surface area contributed by atoms with Gasteiger partial charge < -0.3 is 10.2 Å². The summed E-state index contributed by atoms with van der Waals surface area (Å²) in [5, 5.41) is 5.49. The first-order valence-corrected chi connectivity index (χ1v) is 14.1. The molecule has 3 aliphatic rings. The van der Waals surface area contributed by atoms with Crippen molar-refractivity contribution in [3.8, 4) is 0 Å². The lowest BCUT2D eigenvalue weighted by Crippen LogP contribution is -2.38. The number of anilines is 1. The van der Waals surface area contributed by atoms with Gasteiger partial charge in [-0.05, 0) is 82.0 Å². The Hall–Kier alpha value is -2.51. The van der Waals surface area contributed by atoms with Gasteiger partial charge in [0.15, 0.2) is 5.13 Å². The van der Waals surface area contributed by atoms with Gasteiger partial charge in [-0.25, -0.2) is 4.98 Å². The lowest BCUT2D eigenvalue weighted by atomic mass is 9.84. The van der Waals surface area contributed by atoms with E-state index >= 15 is 0 Å². The Kier molecular flexibility index (Phi) is 6.70. The summed E-state index contributed by atoms with van der Waals surface area (Å²) in [7, 11) is 0. The van der Waals surface area contributed by atoms with E-state index < -0.39 is 0 Å². The van der Waals surface area contributed by atoms with Gasteiger partial charge in [0.25, 0.3) is 5.91 Å². The third-order valence-electron chi connectivity index (χ3n) is 8.10. The Bertz CT molecular complexity index is 1170. The van der Waals surface area contributed by atoms with Gasteiger partial charge in [-0.3, -0.25) is 14.7 Å². The third-order valence-corrected chi connectivity index (χ3v) is 9.32. The molecule has 2 fully saturated rings. The van der Waals surface area contributed by atoms with E-state index in [1.165, 1.54) is 74.0 Å². The number of nitrogens with zero attached hydrogens (tertiary/aromatic N) is 4. The Morgan fingerprint density at radius 1 is 1.06 bits per heavy atom. The molecule has 7 heteroatoms. The molecule has 4 heterocycles. The van der Waals surface area contributed by atoms with Crippen LogP contribution in [0.3, 0.4) is 0 Å². The fourth-order valence-corrected chi connectivity index (χ4v) is 7.11. The van der Waals surface area contributed by atoms with Crippen molar-refractivity contribution in [3.63, 3.8) is 0 Å². The van der Waals surface area contributed by atoms with Crippen molar-refractivity contribution in [1.82, 2.24) is 20.2 Å². The SMILES string of the molecule is O=C(NC1CCC(CCN2CCc3sc(N4CCCC4)nc3C2)CC1)c1cccc2ncccc12. The van der Waals surface area contributed by atoms with E-state index in [2.05, 4.69) is 20.1 Å². The average Bonchev–Trinajstić information content (AvgIpc) is 3.58. The van der Waals surface area contributed by atoms with E-state index in [-0.39, 0.29) is 11.9 Å². The number of aromatic nitrogens is 2. The third kappa shape index (κ3) is 5.07. The number of carbonyl (C=O) groups excluding carboxylic acids is 1. The Balaban J connectivity index is 0.967. The van der Waals surface area contributed by atoms with Crippen molar-refractivity contribution >= 4 is 33.3 Å². The number of rotatable bonds is 6. The van der Waals surface area contributed by atoms with Gasteiger partial charge in [0.05, 0.1) is 11.2 Å². The molecule has 2 aliphatic heterocycles. The molecular weight excluding hydrogens is 454 g/mol. The highest BCUT2D eigenvalue weighted by Crippen LogP contribution is 2.33. The molecule has 0 atom stereocenters. The molecule has 1 N–H and O–H groups in total. The zero-order valence-corrected chi connectivity index (χ0v) is 21.2. The van der Waals surface area contributed by atoms with E-state index in [9.17, 15) is 4.79 Å². The summed E-state index contributed by atoms with van der Waals surface area (Å²) < 4.78 is 0. The molecule has 0 radical (unpaired) electrons. The molecule has 1 amide bonds. The number of pyridine rings is 1. The smallest absolute Gasteiger partial charge is 0.252 e. The van der Waals surface area contributed by atoms with Crippen molar-refractivity contribution < 1.29 is 4.79 Å². The summed E-state index contributed by atoms with van der Waals surface area (Å²) in [6, 6.07) is 9.95. The normalized spacial score (nSPS) is 22.9. The van der Waals surface area contributed by atoms with E-state index in [4.69, 9.17) is 4.98 Å². The maximum Gasteiger partial charge on any atom is 0.252 e. The Morgan fingerprint density at radius 3 is 2.77 bits per heavy atom. The zero-order chi connectivity index (χ0) is 23.6. The second-order valence-electron chi connectivity index (χ2n) is 10.4. The van der Waals surface area contributed by atoms with Crippen molar-refractivity contribution in [2.24, 2.45) is 5.92 Å². The van der Waals surface area contributed by atoms with Gasteiger partial charge in [-0.1, -0.05) is 12.1 Å². The maximum absolute atomic E-state index is 13.0. The molecule has 1 saturated carbocycles. The van der Waals surface area contributed by atoms with E-state index in [1.807, 2.05) is 41.7 Å². The number of fused-ring (bicyclic) bond motifs is 2. The van der Waals surface area contributed by atoms with Crippen LogP contribution in [0.1, 0.15) is 65.9 Å². The van der Waals surface area contributed by atoms with Gasteiger partial charge in [0.1, 0.15) is 0 Å². The van der Waals surface area contributed by atoms with Crippen LogP contribution in [0.2, 0.25) is 0 Å². The highest BCUT2D eigenvalue weighted by Gasteiger charge is 2.26. The molecule has 184 valence electrons. The van der Waals surface area contributed by atoms with Crippen molar-refractivity contribution in [2.45, 2.75) is 64.0 Å². The molecule has 1 aliphatic carbocycles. The average molecular weight is 490 g/mol. The van der Waals surface area contributed by atoms with Gasteiger partial charge in [0, 0.05) is 54.2 Å². The molecule has 1 aromatic carbocycles. The largest absolute Gasteiger partial charge is 0.349 e. The highest BCUT2D eigenvalue weighted by molar-refractivity contribution is 7.15. The predicted octanol–water partition coefficient (Wildman–Crippen LogP) is 5.03. The summed E-state index contributed by atoms with van der Waals surface area (Å²) in [6.07, 6.45) is 11.4. The highest BCUT2D eigenvalue weighted by atomic mass is 32.1. The molecule has 1 saturated heterocycles. The second kappa shape index (κ2) is 10.2. The molecule has 0 unspecified atom stereocenters. The summed E-state index contributed by atoms with van der Waals surface area (Å²) in [6.45, 7) is 5.71. The lowest BCUT2D eigenvalue weighted by Gasteiger charge is -2.32. The van der Waals surface area contributed by atoms with Crippen molar-refractivity contribution in [1.29, 1.82) is 0 Å². The first-order valence-electron chi connectivity index (χ1n) is 13.3. The molecule has 35 heavy (non-hydrogen) atoms. The number of nitrogens with one attached hydrogen (secondary N) is 1. The van der Waals surface area contributed by atoms with Crippen LogP contribution >= 0.6 is 11.3 Å². The van der Waals surface area contributed by atoms with Crippen LogP contribution in [-0.4, -0.2) is 53.0 Å². The van der Waals surface area contributed by atoms with Gasteiger partial charge in [-0.15, -0.1) is 11.3 Å². The molecule has 6 nitrogen and oxygen atoms in total. The second-order valence-corrected chi connectivity index (χ2v) is 11.5. The number of hydrogen-bond acceptors (Lipinski definition) is 6. The Morgan fingerprint density at radius 2 is 1.91 bits per heavy atom. The first-order chi connectivity index (χ1) is 17.2. The first kappa shape index (κ1) is 22.9. The number of benzene rings is 1. The fraction of sp³-hybridized carbons (Fsp3) is 0.536. The summed E-state index contributed by atoms with van der Waals surface area (Å²) in [5.74, 6) is 0.801. The van der Waals surface area contributed by atoms with E-state index in [0.717, 1.165) is 48.2 Å². The minimum absolute atomic E-state index is 0.0349. The van der Waals surface area contributed by atoms with Crippen LogP contribution in [0.4, 0.5) is 5.13 Å². The molecular formula is C28H35N5OS. The van der Waals surface area contributed by atoms with Crippen LogP contribution in [0.5, 0.6) is 0 Å². The van der Waals surface area contributed by atoms with Crippen LogP contribution in [0, 0.1) is 5.92 Å². The summed E-state index contributed by atoms with van der Waals surface area (Å²) in [4.78, 5) is 29.0. The van der Waals surface area contributed by atoms with Crippen LogP contribution in [0.15, 0.2) is 36.5 Å². The summed E-state index contributed by atoms with van der Waals surface area (Å²) >= 11 is 1.93. The standard InChI is InChI=1S/C28H35N5OS/c34-27(23-5-3-7-24-22(23)6-4-14-29-24)30-21-10-8-20(9-11-21)12-17-32-18-13-26-25(19-32)31-28(35-26)33-15-1-2-16-33/h3-7,14,20-21H,1-2,8-13,15-19H2,(H,30,34). The quantitative estimate of drug-likeness (QED) is 0.526. The molecule has 0 spiro atoms. The predicted molar refractivity (Wildman–Crippen MR) is 142 cm³/mol. The molecule has 2 aromatic heterocycles. The van der Waals surface area contributed by atoms with Crippen LogP contribution < -0.4 is 10.2 Å². The Labute approximate surface area is 211 Å². The number of hydrogen-bond donors (Lipinski definition) is 1. The monoisotopic (exact) mass is 489 g/mol. The minimum Gasteiger partial charge on any atom is -0.349 e. The van der Waals surface area contributed by atoms with Crippen LogP contribution in [-0.2, 0) is 13.0 Å². The van der Waals surface area contributed by atoms with Crippen molar-refractivity contribution in [2.75, 3.05) is 31.1 Å². The number of thiazole rings is 1. The zero-order valence-electron chi connectivity index (χ0n) is 20.4. The molecule has 6 rings (SSSR count). The lowest BCUT2D eigenvalue weighted by molar-refractivity contribution is 0.0921. The number of amides is 1. The molecule has 3 aromatic rings. The maximum atomic E-state index is 13.0. The van der Waals surface area contributed by atoms with Gasteiger partial charge >= 0.3 is 0 Å². The van der Waals surface area contributed by atoms with Gasteiger partial charge in [0.2, 0.25) is 0 Å². The summed E-state index contributed by atoms with van der Waals surface area (Å²) in [5.41, 5.74) is 2.94. The van der Waals surface area contributed by atoms with Crippen molar-refractivity contribution in [3.05, 3.63) is 52.7 Å². The minimum atomic E-state index is 0.0349. The van der Waals surface area contributed by atoms with Gasteiger partial charge in [-0.2, -0.15) is 0 Å². The number of carbonyl (C=O) groups is 1. The molecule has 0 bridgehead atoms. The van der Waals surface area contributed by atoms with E-state index in [1.54, 1.807) is 6.20 Å². The topological polar surface area (TPSA) is 61.4 Å². The van der Waals surface area contributed by atoms with Crippen LogP contribution in [0.25, 0.3) is 10.9 Å².